The standard InChI is InChI=1S/C11H16FNO/c1-8-7-9(12)4-5-10(8)11(13)3-2-6-14/h4-5,7,11,14H,2-3,6,13H2,1H3/t11-/m1/s1. The lowest BCUT2D eigenvalue weighted by atomic mass is 9.98. The summed E-state index contributed by atoms with van der Waals surface area (Å²) in [5, 5.41) is 8.66. The number of hydrogen-bond donors (Lipinski definition) is 2. The van der Waals surface area contributed by atoms with E-state index in [1.54, 1.807) is 6.07 Å². The molecular formula is C11H16FNO. The van der Waals surface area contributed by atoms with Crippen LogP contribution >= 0.6 is 0 Å². The van der Waals surface area contributed by atoms with Crippen molar-refractivity contribution in [1.82, 2.24) is 0 Å². The number of benzene rings is 1. The predicted octanol–water partition coefficient (Wildman–Crippen LogP) is 1.91. The average Bonchev–Trinajstić information content (AvgIpc) is 2.14. The summed E-state index contributed by atoms with van der Waals surface area (Å²) in [6.45, 7) is 1.99. The molecule has 14 heavy (non-hydrogen) atoms. The van der Waals surface area contributed by atoms with Crippen LogP contribution in [-0.2, 0) is 0 Å². The van der Waals surface area contributed by atoms with Crippen molar-refractivity contribution >= 4 is 0 Å². The predicted molar refractivity (Wildman–Crippen MR) is 54.4 cm³/mol. The van der Waals surface area contributed by atoms with E-state index in [0.29, 0.717) is 6.42 Å². The monoisotopic (exact) mass is 197 g/mol. The fourth-order valence-corrected chi connectivity index (χ4v) is 1.52. The third kappa shape index (κ3) is 2.79. The topological polar surface area (TPSA) is 46.2 Å². The summed E-state index contributed by atoms with van der Waals surface area (Å²) in [4.78, 5) is 0. The second-order valence-electron chi connectivity index (χ2n) is 3.47. The minimum absolute atomic E-state index is 0.109. The molecule has 0 saturated heterocycles. The van der Waals surface area contributed by atoms with E-state index >= 15 is 0 Å². The van der Waals surface area contributed by atoms with Gasteiger partial charge in [-0.3, -0.25) is 0 Å². The fourth-order valence-electron chi connectivity index (χ4n) is 1.52. The van der Waals surface area contributed by atoms with Crippen LogP contribution < -0.4 is 5.73 Å². The molecule has 0 saturated carbocycles. The summed E-state index contributed by atoms with van der Waals surface area (Å²) < 4.78 is 12.8. The highest BCUT2D eigenvalue weighted by Gasteiger charge is 2.08. The molecule has 0 fully saturated rings. The molecule has 3 heteroatoms. The lowest BCUT2D eigenvalue weighted by Gasteiger charge is -2.13. The van der Waals surface area contributed by atoms with Gasteiger partial charge >= 0.3 is 0 Å². The van der Waals surface area contributed by atoms with E-state index in [1.165, 1.54) is 12.1 Å². The Morgan fingerprint density at radius 1 is 1.50 bits per heavy atom. The van der Waals surface area contributed by atoms with Crippen LogP contribution in [0.2, 0.25) is 0 Å². The van der Waals surface area contributed by atoms with Gasteiger partial charge in [0.15, 0.2) is 0 Å². The number of halogens is 1. The number of aryl methyl sites for hydroxylation is 1. The lowest BCUT2D eigenvalue weighted by Crippen LogP contribution is -2.12. The van der Waals surface area contributed by atoms with Gasteiger partial charge in [0.25, 0.3) is 0 Å². The molecule has 0 aliphatic rings. The van der Waals surface area contributed by atoms with Gasteiger partial charge in [-0.1, -0.05) is 6.07 Å². The second-order valence-corrected chi connectivity index (χ2v) is 3.47. The highest BCUT2D eigenvalue weighted by atomic mass is 19.1. The van der Waals surface area contributed by atoms with Crippen molar-refractivity contribution in [2.24, 2.45) is 5.73 Å². The van der Waals surface area contributed by atoms with Crippen molar-refractivity contribution in [3.8, 4) is 0 Å². The SMILES string of the molecule is Cc1cc(F)ccc1[C@H](N)CCCO. The number of nitrogens with two attached hydrogens (primary N) is 1. The molecule has 0 spiro atoms. The van der Waals surface area contributed by atoms with Gasteiger partial charge in [0, 0.05) is 12.6 Å². The van der Waals surface area contributed by atoms with Crippen LogP contribution in [0.5, 0.6) is 0 Å². The molecule has 0 aromatic heterocycles. The van der Waals surface area contributed by atoms with Gasteiger partial charge in [-0.25, -0.2) is 4.39 Å². The van der Waals surface area contributed by atoms with Crippen molar-refractivity contribution in [2.75, 3.05) is 6.61 Å². The zero-order valence-corrected chi connectivity index (χ0v) is 8.33. The fraction of sp³-hybridized carbons (Fsp3) is 0.455. The molecule has 0 radical (unpaired) electrons. The Bertz CT molecular complexity index is 301. The molecule has 1 aromatic rings. The second kappa shape index (κ2) is 5.08. The van der Waals surface area contributed by atoms with Crippen molar-refractivity contribution in [3.63, 3.8) is 0 Å². The number of aliphatic hydroxyl groups is 1. The highest BCUT2D eigenvalue weighted by Crippen LogP contribution is 2.20. The number of aliphatic hydroxyl groups excluding tert-OH is 1. The molecule has 0 bridgehead atoms. The Labute approximate surface area is 83.6 Å². The van der Waals surface area contributed by atoms with Crippen molar-refractivity contribution < 1.29 is 9.50 Å². The Balaban J connectivity index is 2.74. The molecule has 78 valence electrons. The summed E-state index contributed by atoms with van der Waals surface area (Å²) in [6.07, 6.45) is 1.40. The molecule has 0 amide bonds. The maximum absolute atomic E-state index is 12.8. The average molecular weight is 197 g/mol. The van der Waals surface area contributed by atoms with E-state index in [2.05, 4.69) is 0 Å². The van der Waals surface area contributed by atoms with E-state index in [0.717, 1.165) is 17.5 Å². The van der Waals surface area contributed by atoms with Gasteiger partial charge in [0.2, 0.25) is 0 Å². The van der Waals surface area contributed by atoms with Gasteiger partial charge < -0.3 is 10.8 Å². The quantitative estimate of drug-likeness (QED) is 0.774. The number of hydrogen-bond acceptors (Lipinski definition) is 2. The number of rotatable bonds is 4. The zero-order chi connectivity index (χ0) is 10.6. The summed E-state index contributed by atoms with van der Waals surface area (Å²) in [6, 6.07) is 4.50. The van der Waals surface area contributed by atoms with Crippen LogP contribution in [0.25, 0.3) is 0 Å². The smallest absolute Gasteiger partial charge is 0.123 e. The molecule has 2 nitrogen and oxygen atoms in total. The Morgan fingerprint density at radius 3 is 2.79 bits per heavy atom. The van der Waals surface area contributed by atoms with E-state index < -0.39 is 0 Å². The Morgan fingerprint density at radius 2 is 2.21 bits per heavy atom. The van der Waals surface area contributed by atoms with E-state index in [9.17, 15) is 4.39 Å². The molecule has 0 aliphatic carbocycles. The molecule has 0 unspecified atom stereocenters. The summed E-state index contributed by atoms with van der Waals surface area (Å²) in [5.41, 5.74) is 7.73. The van der Waals surface area contributed by atoms with E-state index in [-0.39, 0.29) is 18.5 Å². The normalized spacial score (nSPS) is 12.9. The van der Waals surface area contributed by atoms with Crippen LogP contribution in [0, 0.1) is 12.7 Å². The van der Waals surface area contributed by atoms with Crippen LogP contribution in [0.1, 0.15) is 30.0 Å². The van der Waals surface area contributed by atoms with Crippen molar-refractivity contribution in [2.45, 2.75) is 25.8 Å². The molecule has 1 rings (SSSR count). The van der Waals surface area contributed by atoms with Crippen LogP contribution in [0.3, 0.4) is 0 Å². The largest absolute Gasteiger partial charge is 0.396 e. The maximum Gasteiger partial charge on any atom is 0.123 e. The van der Waals surface area contributed by atoms with E-state index in [4.69, 9.17) is 10.8 Å². The third-order valence-corrected chi connectivity index (χ3v) is 2.30. The minimum atomic E-state index is -0.236. The van der Waals surface area contributed by atoms with Gasteiger partial charge in [-0.05, 0) is 43.0 Å². The molecule has 3 N–H and O–H groups in total. The minimum Gasteiger partial charge on any atom is -0.396 e. The zero-order valence-electron chi connectivity index (χ0n) is 8.33. The first-order valence-electron chi connectivity index (χ1n) is 4.77. The molecular weight excluding hydrogens is 181 g/mol. The Hall–Kier alpha value is -0.930. The van der Waals surface area contributed by atoms with Gasteiger partial charge in [-0.2, -0.15) is 0 Å². The van der Waals surface area contributed by atoms with Gasteiger partial charge in [0.1, 0.15) is 5.82 Å². The van der Waals surface area contributed by atoms with Crippen molar-refractivity contribution in [1.29, 1.82) is 0 Å². The maximum atomic E-state index is 12.8. The molecule has 0 heterocycles. The third-order valence-electron chi connectivity index (χ3n) is 2.30. The van der Waals surface area contributed by atoms with Crippen LogP contribution in [0.4, 0.5) is 4.39 Å². The van der Waals surface area contributed by atoms with Crippen LogP contribution in [-0.4, -0.2) is 11.7 Å². The van der Waals surface area contributed by atoms with Crippen LogP contribution in [0.15, 0.2) is 18.2 Å². The van der Waals surface area contributed by atoms with Gasteiger partial charge in [-0.15, -0.1) is 0 Å². The highest BCUT2D eigenvalue weighted by molar-refractivity contribution is 5.29. The van der Waals surface area contributed by atoms with Crippen molar-refractivity contribution in [3.05, 3.63) is 35.1 Å². The van der Waals surface area contributed by atoms with Gasteiger partial charge in [0.05, 0.1) is 0 Å². The summed E-state index contributed by atoms with van der Waals surface area (Å²) >= 11 is 0. The lowest BCUT2D eigenvalue weighted by molar-refractivity contribution is 0.280. The first-order valence-corrected chi connectivity index (χ1v) is 4.77. The summed E-state index contributed by atoms with van der Waals surface area (Å²) in [7, 11) is 0. The molecule has 1 atom stereocenters. The summed E-state index contributed by atoms with van der Waals surface area (Å²) in [5.74, 6) is -0.236. The first-order chi connectivity index (χ1) is 6.65. The molecule has 0 aliphatic heterocycles. The molecule has 1 aromatic carbocycles. The first kappa shape index (κ1) is 11.1. The Kier molecular flexibility index (Phi) is 4.04. The van der Waals surface area contributed by atoms with E-state index in [1.807, 2.05) is 6.92 Å².